The van der Waals surface area contributed by atoms with E-state index in [4.69, 9.17) is 17.3 Å². The van der Waals surface area contributed by atoms with E-state index in [0.29, 0.717) is 11.0 Å². The van der Waals surface area contributed by atoms with Crippen LogP contribution >= 0.6 is 11.6 Å². The second-order valence-corrected chi connectivity index (χ2v) is 5.81. The normalized spacial score (nSPS) is 15.6. The summed E-state index contributed by atoms with van der Waals surface area (Å²) in [7, 11) is 0. The molecule has 0 aliphatic carbocycles. The van der Waals surface area contributed by atoms with Crippen molar-refractivity contribution in [1.82, 2.24) is 20.1 Å². The maximum Gasteiger partial charge on any atom is 0.245 e. The summed E-state index contributed by atoms with van der Waals surface area (Å²) >= 11 is 5.91. The number of anilines is 1. The molecule has 1 saturated heterocycles. The number of piperazine rings is 1. The minimum Gasteiger partial charge on any atom is -0.369 e. The van der Waals surface area contributed by atoms with Crippen LogP contribution in [-0.4, -0.2) is 58.7 Å². The summed E-state index contributed by atoms with van der Waals surface area (Å²) in [6, 6.07) is 7.45. The zero-order valence-corrected chi connectivity index (χ0v) is 13.3. The Hall–Kier alpha value is -2.25. The molecule has 0 radical (unpaired) electrons. The Morgan fingerprint density at radius 3 is 2.52 bits per heavy atom. The highest BCUT2D eigenvalue weighted by molar-refractivity contribution is 6.30. The molecular weight excluding hydrogens is 316 g/mol. The molecule has 7 nitrogen and oxygen atoms in total. The first kappa shape index (κ1) is 15.6. The van der Waals surface area contributed by atoms with E-state index in [2.05, 4.69) is 20.1 Å². The third-order valence-corrected chi connectivity index (χ3v) is 3.97. The molecule has 2 N–H and O–H groups in total. The van der Waals surface area contributed by atoms with E-state index in [1.807, 2.05) is 29.2 Å². The van der Waals surface area contributed by atoms with E-state index in [-0.39, 0.29) is 12.5 Å². The number of hydrogen-bond acceptors (Lipinski definition) is 6. The molecule has 1 aliphatic rings. The van der Waals surface area contributed by atoms with Gasteiger partial charge in [0.05, 0.1) is 18.4 Å². The molecule has 1 amide bonds. The van der Waals surface area contributed by atoms with Crippen molar-refractivity contribution < 1.29 is 4.79 Å². The van der Waals surface area contributed by atoms with Crippen LogP contribution in [0.5, 0.6) is 0 Å². The van der Waals surface area contributed by atoms with Gasteiger partial charge in [0.1, 0.15) is 0 Å². The van der Waals surface area contributed by atoms with Crippen LogP contribution in [0.1, 0.15) is 0 Å². The van der Waals surface area contributed by atoms with Crippen LogP contribution in [0.4, 0.5) is 5.95 Å². The van der Waals surface area contributed by atoms with Gasteiger partial charge in [0, 0.05) is 36.8 Å². The van der Waals surface area contributed by atoms with Gasteiger partial charge in [0.15, 0.2) is 0 Å². The van der Waals surface area contributed by atoms with Crippen LogP contribution in [0.2, 0.25) is 5.02 Å². The smallest absolute Gasteiger partial charge is 0.245 e. The predicted molar refractivity (Wildman–Crippen MR) is 88.1 cm³/mol. The SMILES string of the molecule is NC(=O)CN1CCN(c2nncc(-c3ccc(Cl)cc3)n2)CC1. The third-order valence-electron chi connectivity index (χ3n) is 3.72. The summed E-state index contributed by atoms with van der Waals surface area (Å²) in [4.78, 5) is 19.6. The number of rotatable bonds is 4. The first-order valence-electron chi connectivity index (χ1n) is 7.33. The van der Waals surface area contributed by atoms with Crippen LogP contribution in [0, 0.1) is 0 Å². The van der Waals surface area contributed by atoms with Gasteiger partial charge in [-0.2, -0.15) is 5.10 Å². The molecule has 0 atom stereocenters. The van der Waals surface area contributed by atoms with Crippen LogP contribution < -0.4 is 10.6 Å². The molecule has 2 aromatic rings. The average Bonchev–Trinajstić information content (AvgIpc) is 2.56. The molecule has 0 saturated carbocycles. The molecular formula is C15H17ClN6O. The Labute approximate surface area is 139 Å². The average molecular weight is 333 g/mol. The highest BCUT2D eigenvalue weighted by atomic mass is 35.5. The number of primary amides is 1. The van der Waals surface area contributed by atoms with Crippen molar-refractivity contribution in [1.29, 1.82) is 0 Å². The standard InChI is InChI=1S/C15H17ClN6O/c16-12-3-1-11(2-4-12)13-9-18-20-15(19-13)22-7-5-21(6-8-22)10-14(17)23/h1-4,9H,5-8,10H2,(H2,17,23). The second-order valence-electron chi connectivity index (χ2n) is 5.38. The van der Waals surface area contributed by atoms with Gasteiger partial charge < -0.3 is 10.6 Å². The Morgan fingerprint density at radius 1 is 1.17 bits per heavy atom. The minimum absolute atomic E-state index is 0.289. The number of aromatic nitrogens is 3. The van der Waals surface area contributed by atoms with Gasteiger partial charge in [-0.3, -0.25) is 9.69 Å². The van der Waals surface area contributed by atoms with E-state index in [0.717, 1.165) is 37.4 Å². The van der Waals surface area contributed by atoms with Crippen LogP contribution in [0.25, 0.3) is 11.3 Å². The molecule has 0 bridgehead atoms. The van der Waals surface area contributed by atoms with E-state index >= 15 is 0 Å². The lowest BCUT2D eigenvalue weighted by Crippen LogP contribution is -2.49. The number of nitrogens with two attached hydrogens (primary N) is 1. The zero-order chi connectivity index (χ0) is 16.2. The van der Waals surface area contributed by atoms with Crippen molar-refractivity contribution in [2.24, 2.45) is 5.73 Å². The zero-order valence-electron chi connectivity index (χ0n) is 12.5. The summed E-state index contributed by atoms with van der Waals surface area (Å²) in [5.74, 6) is 0.289. The number of amides is 1. The molecule has 120 valence electrons. The molecule has 3 rings (SSSR count). The lowest BCUT2D eigenvalue weighted by Gasteiger charge is -2.33. The third kappa shape index (κ3) is 3.94. The van der Waals surface area contributed by atoms with Gasteiger partial charge in [-0.1, -0.05) is 23.7 Å². The van der Waals surface area contributed by atoms with Crippen LogP contribution in [-0.2, 0) is 4.79 Å². The highest BCUT2D eigenvalue weighted by Gasteiger charge is 2.20. The molecule has 0 unspecified atom stereocenters. The molecule has 0 spiro atoms. The Morgan fingerprint density at radius 2 is 1.87 bits per heavy atom. The van der Waals surface area contributed by atoms with E-state index in [1.165, 1.54) is 0 Å². The molecule has 1 aromatic heterocycles. The fraction of sp³-hybridized carbons (Fsp3) is 0.333. The Kier molecular flexibility index (Phi) is 4.68. The molecule has 8 heteroatoms. The van der Waals surface area contributed by atoms with Crippen LogP contribution in [0.15, 0.2) is 30.5 Å². The first-order chi connectivity index (χ1) is 11.1. The van der Waals surface area contributed by atoms with Crippen LogP contribution in [0.3, 0.4) is 0 Å². The topological polar surface area (TPSA) is 88.2 Å². The lowest BCUT2D eigenvalue weighted by atomic mass is 10.2. The van der Waals surface area contributed by atoms with Gasteiger partial charge in [-0.15, -0.1) is 5.10 Å². The second kappa shape index (κ2) is 6.89. The minimum atomic E-state index is -0.305. The Bertz CT molecular complexity index is 685. The van der Waals surface area contributed by atoms with Gasteiger partial charge in [0.2, 0.25) is 11.9 Å². The molecule has 1 aromatic carbocycles. The first-order valence-corrected chi connectivity index (χ1v) is 7.71. The van der Waals surface area contributed by atoms with E-state index in [9.17, 15) is 4.79 Å². The summed E-state index contributed by atoms with van der Waals surface area (Å²) < 4.78 is 0. The number of carbonyl (C=O) groups is 1. The van der Waals surface area contributed by atoms with Crippen molar-refractivity contribution in [3.63, 3.8) is 0 Å². The van der Waals surface area contributed by atoms with Gasteiger partial charge in [-0.25, -0.2) is 4.98 Å². The van der Waals surface area contributed by atoms with E-state index < -0.39 is 0 Å². The summed E-state index contributed by atoms with van der Waals surface area (Å²) in [5, 5.41) is 8.85. The number of carbonyl (C=O) groups excluding carboxylic acids is 1. The highest BCUT2D eigenvalue weighted by Crippen LogP contribution is 2.20. The van der Waals surface area contributed by atoms with Crippen molar-refractivity contribution >= 4 is 23.5 Å². The number of nitrogens with zero attached hydrogens (tertiary/aromatic N) is 5. The van der Waals surface area contributed by atoms with Crippen molar-refractivity contribution in [2.45, 2.75) is 0 Å². The Balaban J connectivity index is 1.71. The summed E-state index contributed by atoms with van der Waals surface area (Å²) in [5.41, 5.74) is 6.92. The maximum atomic E-state index is 11.0. The number of hydrogen-bond donors (Lipinski definition) is 1. The summed E-state index contributed by atoms with van der Waals surface area (Å²) in [6.45, 7) is 3.25. The largest absolute Gasteiger partial charge is 0.369 e. The number of halogens is 1. The summed E-state index contributed by atoms with van der Waals surface area (Å²) in [6.07, 6.45) is 1.63. The molecule has 1 aliphatic heterocycles. The molecule has 2 heterocycles. The quantitative estimate of drug-likeness (QED) is 0.891. The monoisotopic (exact) mass is 332 g/mol. The molecule has 23 heavy (non-hydrogen) atoms. The van der Waals surface area contributed by atoms with Gasteiger partial charge in [0.25, 0.3) is 0 Å². The van der Waals surface area contributed by atoms with Crippen molar-refractivity contribution in [3.05, 3.63) is 35.5 Å². The lowest BCUT2D eigenvalue weighted by molar-refractivity contribution is -0.119. The fourth-order valence-corrected chi connectivity index (χ4v) is 2.64. The van der Waals surface area contributed by atoms with Crippen molar-refractivity contribution in [3.8, 4) is 11.3 Å². The fourth-order valence-electron chi connectivity index (χ4n) is 2.51. The maximum absolute atomic E-state index is 11.0. The predicted octanol–water partition coefficient (Wildman–Crippen LogP) is 0.799. The molecule has 1 fully saturated rings. The van der Waals surface area contributed by atoms with Gasteiger partial charge >= 0.3 is 0 Å². The van der Waals surface area contributed by atoms with Crippen molar-refractivity contribution in [2.75, 3.05) is 37.6 Å². The number of benzene rings is 1. The van der Waals surface area contributed by atoms with E-state index in [1.54, 1.807) is 6.20 Å². The van der Waals surface area contributed by atoms with Gasteiger partial charge in [-0.05, 0) is 12.1 Å².